The van der Waals surface area contributed by atoms with Gasteiger partial charge < -0.3 is 0 Å². The van der Waals surface area contributed by atoms with Crippen LogP contribution in [-0.2, 0) is 0 Å². The number of rotatable bonds is 0. The van der Waals surface area contributed by atoms with Gasteiger partial charge >= 0.3 is 5.78 Å². The standard InChI is InChI=1S/C10H10N5/c1-7-6-8(2)14-10(12-7)15-9(13-14)4-3-5-11-15/h3-6H,1-2H3/q+1. The molecule has 74 valence electrons. The Kier molecular flexibility index (Phi) is 1.50. The first-order valence-corrected chi connectivity index (χ1v) is 4.76. The van der Waals surface area contributed by atoms with Crippen LogP contribution in [0.25, 0.3) is 11.4 Å². The molecule has 15 heavy (non-hydrogen) atoms. The van der Waals surface area contributed by atoms with Gasteiger partial charge in [0.1, 0.15) is 11.4 Å². The molecule has 5 heteroatoms. The summed E-state index contributed by atoms with van der Waals surface area (Å²) in [5.74, 6) is 0.753. The summed E-state index contributed by atoms with van der Waals surface area (Å²) in [7, 11) is 0. The van der Waals surface area contributed by atoms with Gasteiger partial charge in [0, 0.05) is 12.1 Å². The third kappa shape index (κ3) is 1.09. The van der Waals surface area contributed by atoms with Crippen molar-refractivity contribution in [2.24, 2.45) is 0 Å². The first kappa shape index (κ1) is 8.28. The molecule has 0 N–H and O–H groups in total. The van der Waals surface area contributed by atoms with Crippen LogP contribution in [0.2, 0.25) is 0 Å². The summed E-state index contributed by atoms with van der Waals surface area (Å²) in [5.41, 5.74) is 2.83. The van der Waals surface area contributed by atoms with Crippen LogP contribution in [0.4, 0.5) is 0 Å². The zero-order valence-electron chi connectivity index (χ0n) is 8.55. The monoisotopic (exact) mass is 200 g/mol. The zero-order valence-corrected chi connectivity index (χ0v) is 8.55. The summed E-state index contributed by atoms with van der Waals surface area (Å²) in [4.78, 5) is 4.43. The molecule has 0 unspecified atom stereocenters. The van der Waals surface area contributed by atoms with E-state index in [0.717, 1.165) is 22.8 Å². The molecule has 0 spiro atoms. The van der Waals surface area contributed by atoms with E-state index in [1.165, 1.54) is 0 Å². The van der Waals surface area contributed by atoms with E-state index in [1.807, 2.05) is 32.0 Å². The lowest BCUT2D eigenvalue weighted by atomic mass is 10.4. The topological polar surface area (TPSA) is 47.2 Å². The van der Waals surface area contributed by atoms with E-state index in [4.69, 9.17) is 0 Å². The predicted octanol–water partition coefficient (Wildman–Crippen LogP) is 0.480. The normalized spacial score (nSPS) is 11.3. The number of nitrogens with zero attached hydrogens (tertiary/aromatic N) is 5. The fourth-order valence-corrected chi connectivity index (χ4v) is 1.72. The molecular formula is C10H10N5+. The molecule has 0 radical (unpaired) electrons. The molecule has 0 fully saturated rings. The number of fused-ring (bicyclic) bond motifs is 3. The number of aryl methyl sites for hydroxylation is 2. The third-order valence-corrected chi connectivity index (χ3v) is 2.34. The fraction of sp³-hybridized carbons (Fsp3) is 0.200. The van der Waals surface area contributed by atoms with Crippen LogP contribution in [0, 0.1) is 13.8 Å². The Morgan fingerprint density at radius 3 is 3.07 bits per heavy atom. The highest BCUT2D eigenvalue weighted by atomic mass is 15.4. The Hall–Kier alpha value is -2.04. The minimum Gasteiger partial charge on any atom is -0.111 e. The second-order valence-corrected chi connectivity index (χ2v) is 3.54. The molecule has 0 saturated carbocycles. The summed E-state index contributed by atoms with van der Waals surface area (Å²) in [6.45, 7) is 3.98. The summed E-state index contributed by atoms with van der Waals surface area (Å²) in [6.07, 6.45) is 1.73. The highest BCUT2D eigenvalue weighted by molar-refractivity contribution is 5.40. The lowest BCUT2D eigenvalue weighted by Gasteiger charge is -1.89. The Labute approximate surface area is 86.0 Å². The van der Waals surface area contributed by atoms with Gasteiger partial charge in [-0.3, -0.25) is 0 Å². The number of hydrogen-bond donors (Lipinski definition) is 0. The number of hydrogen-bond acceptors (Lipinski definition) is 3. The fourth-order valence-electron chi connectivity index (χ4n) is 1.72. The molecule has 0 saturated heterocycles. The van der Waals surface area contributed by atoms with E-state index >= 15 is 0 Å². The molecule has 3 rings (SSSR count). The quantitative estimate of drug-likeness (QED) is 0.496. The summed E-state index contributed by atoms with van der Waals surface area (Å²) in [5, 5.41) is 8.63. The van der Waals surface area contributed by atoms with Crippen molar-refractivity contribution in [1.29, 1.82) is 0 Å². The van der Waals surface area contributed by atoms with Gasteiger partial charge in [0.2, 0.25) is 0 Å². The van der Waals surface area contributed by atoms with Gasteiger partial charge in [-0.1, -0.05) is 14.6 Å². The van der Waals surface area contributed by atoms with Crippen LogP contribution in [0.1, 0.15) is 11.4 Å². The lowest BCUT2D eigenvalue weighted by Crippen LogP contribution is -2.28. The van der Waals surface area contributed by atoms with Crippen LogP contribution in [-0.4, -0.2) is 19.7 Å². The van der Waals surface area contributed by atoms with Crippen molar-refractivity contribution in [2.75, 3.05) is 0 Å². The maximum absolute atomic E-state index is 4.43. The maximum Gasteiger partial charge on any atom is 0.449 e. The van der Waals surface area contributed by atoms with Gasteiger partial charge in [-0.25, -0.2) is 0 Å². The summed E-state index contributed by atoms with van der Waals surface area (Å²) in [6, 6.07) is 5.78. The first-order chi connectivity index (χ1) is 7.25. The minimum atomic E-state index is 0.753. The number of aromatic nitrogens is 5. The van der Waals surface area contributed by atoms with Crippen LogP contribution < -0.4 is 4.52 Å². The molecule has 0 aliphatic heterocycles. The van der Waals surface area contributed by atoms with Gasteiger partial charge in [-0.05, 0) is 19.9 Å². The van der Waals surface area contributed by atoms with Crippen LogP contribution >= 0.6 is 0 Å². The molecule has 3 heterocycles. The summed E-state index contributed by atoms with van der Waals surface area (Å²) >= 11 is 0. The van der Waals surface area contributed by atoms with E-state index in [0.29, 0.717) is 0 Å². The van der Waals surface area contributed by atoms with Crippen LogP contribution in [0.3, 0.4) is 0 Å². The SMILES string of the molecule is Cc1cc(C)[n+]2nc3cccnn3c2n1. The summed E-state index contributed by atoms with van der Waals surface area (Å²) < 4.78 is 3.54. The van der Waals surface area contributed by atoms with Gasteiger partial charge in [0.05, 0.1) is 6.20 Å². The Morgan fingerprint density at radius 2 is 2.20 bits per heavy atom. The van der Waals surface area contributed by atoms with E-state index in [1.54, 1.807) is 15.2 Å². The van der Waals surface area contributed by atoms with Gasteiger partial charge in [0.25, 0.3) is 5.65 Å². The average Bonchev–Trinajstić information content (AvgIpc) is 2.57. The molecule has 0 aliphatic carbocycles. The van der Waals surface area contributed by atoms with Crippen molar-refractivity contribution < 1.29 is 4.52 Å². The maximum atomic E-state index is 4.43. The Bertz CT molecular complexity index is 655. The smallest absolute Gasteiger partial charge is 0.111 e. The molecule has 0 bridgehead atoms. The molecular weight excluding hydrogens is 190 g/mol. The second kappa shape index (κ2) is 2.73. The van der Waals surface area contributed by atoms with E-state index in [2.05, 4.69) is 15.2 Å². The molecule has 5 nitrogen and oxygen atoms in total. The Morgan fingerprint density at radius 1 is 1.33 bits per heavy atom. The first-order valence-electron chi connectivity index (χ1n) is 4.76. The zero-order chi connectivity index (χ0) is 10.4. The lowest BCUT2D eigenvalue weighted by molar-refractivity contribution is -0.585. The van der Waals surface area contributed by atoms with Crippen molar-refractivity contribution in [3.8, 4) is 0 Å². The van der Waals surface area contributed by atoms with Crippen molar-refractivity contribution >= 4 is 11.4 Å². The molecule has 0 amide bonds. The largest absolute Gasteiger partial charge is 0.449 e. The minimum absolute atomic E-state index is 0.753. The molecule has 0 aromatic carbocycles. The molecule has 3 aromatic heterocycles. The van der Waals surface area contributed by atoms with E-state index in [-0.39, 0.29) is 0 Å². The van der Waals surface area contributed by atoms with Crippen molar-refractivity contribution in [1.82, 2.24) is 19.7 Å². The van der Waals surface area contributed by atoms with Crippen molar-refractivity contribution in [2.45, 2.75) is 13.8 Å². The predicted molar refractivity (Wildman–Crippen MR) is 53.4 cm³/mol. The third-order valence-electron chi connectivity index (χ3n) is 2.34. The van der Waals surface area contributed by atoms with Crippen LogP contribution in [0.15, 0.2) is 24.4 Å². The Balaban J connectivity index is 2.61. The second-order valence-electron chi connectivity index (χ2n) is 3.54. The van der Waals surface area contributed by atoms with Gasteiger partial charge in [-0.2, -0.15) is 0 Å². The van der Waals surface area contributed by atoms with Gasteiger partial charge in [0.15, 0.2) is 0 Å². The average molecular weight is 200 g/mol. The van der Waals surface area contributed by atoms with Crippen molar-refractivity contribution in [3.05, 3.63) is 35.8 Å². The van der Waals surface area contributed by atoms with E-state index < -0.39 is 0 Å². The van der Waals surface area contributed by atoms with Crippen molar-refractivity contribution in [3.63, 3.8) is 0 Å². The highest BCUT2D eigenvalue weighted by Crippen LogP contribution is 2.02. The van der Waals surface area contributed by atoms with E-state index in [9.17, 15) is 0 Å². The molecule has 0 atom stereocenters. The highest BCUT2D eigenvalue weighted by Gasteiger charge is 2.17. The van der Waals surface area contributed by atoms with Crippen LogP contribution in [0.5, 0.6) is 0 Å². The molecule has 0 aliphatic rings. The van der Waals surface area contributed by atoms with Gasteiger partial charge in [-0.15, -0.1) is 9.61 Å². The molecule has 3 aromatic rings.